The summed E-state index contributed by atoms with van der Waals surface area (Å²) in [7, 11) is 0. The van der Waals surface area contributed by atoms with E-state index in [0.717, 1.165) is 37.8 Å². The molecule has 2 atom stereocenters. The Kier molecular flexibility index (Phi) is 6.15. The van der Waals surface area contributed by atoms with Gasteiger partial charge >= 0.3 is 0 Å². The first-order valence-electron chi connectivity index (χ1n) is 8.29. The highest BCUT2D eigenvalue weighted by Gasteiger charge is 2.28. The Bertz CT molecular complexity index is 270. The monoisotopic (exact) mass is 266 g/mol. The van der Waals surface area contributed by atoms with Gasteiger partial charge in [-0.1, -0.05) is 26.2 Å². The molecule has 2 N–H and O–H groups in total. The lowest BCUT2D eigenvalue weighted by atomic mass is 9.78. The van der Waals surface area contributed by atoms with Crippen LogP contribution in [0.1, 0.15) is 64.7 Å². The lowest BCUT2D eigenvalue weighted by molar-refractivity contribution is -0.122. The molecule has 1 saturated heterocycles. The average molecular weight is 266 g/mol. The van der Waals surface area contributed by atoms with Crippen molar-refractivity contribution in [2.24, 2.45) is 11.8 Å². The summed E-state index contributed by atoms with van der Waals surface area (Å²) in [6.07, 6.45) is 10.7. The fraction of sp³-hybridized carbons (Fsp3) is 0.938. The largest absolute Gasteiger partial charge is 0.353 e. The van der Waals surface area contributed by atoms with Gasteiger partial charge in [0.1, 0.15) is 0 Å². The molecule has 1 amide bonds. The molecule has 2 rings (SSSR count). The standard InChI is InChI=1S/C16H30N2O/c1-2-3-7-15(14-5-4-6-14)18-16(19)9-8-13-10-11-17-12-13/h13-15,17H,2-12H2,1H3,(H,18,19). The van der Waals surface area contributed by atoms with Crippen molar-refractivity contribution in [2.75, 3.05) is 13.1 Å². The first-order chi connectivity index (χ1) is 9.29. The van der Waals surface area contributed by atoms with Crippen LogP contribution in [0.2, 0.25) is 0 Å². The molecule has 0 radical (unpaired) electrons. The van der Waals surface area contributed by atoms with Gasteiger partial charge in [-0.25, -0.2) is 0 Å². The molecule has 3 nitrogen and oxygen atoms in total. The van der Waals surface area contributed by atoms with Crippen molar-refractivity contribution in [2.45, 2.75) is 70.8 Å². The summed E-state index contributed by atoms with van der Waals surface area (Å²) in [5.74, 6) is 1.78. The molecule has 2 unspecified atom stereocenters. The molecule has 110 valence electrons. The van der Waals surface area contributed by atoms with Crippen LogP contribution in [0.15, 0.2) is 0 Å². The highest BCUT2D eigenvalue weighted by Crippen LogP contribution is 2.31. The van der Waals surface area contributed by atoms with Gasteiger partial charge in [0, 0.05) is 12.5 Å². The number of hydrogen-bond donors (Lipinski definition) is 2. The highest BCUT2D eigenvalue weighted by molar-refractivity contribution is 5.76. The SMILES string of the molecule is CCCCC(NC(=O)CCC1CCNC1)C1CCC1. The lowest BCUT2D eigenvalue weighted by Gasteiger charge is -2.34. The van der Waals surface area contributed by atoms with Gasteiger partial charge in [-0.2, -0.15) is 0 Å². The van der Waals surface area contributed by atoms with Crippen molar-refractivity contribution in [1.82, 2.24) is 10.6 Å². The number of carbonyl (C=O) groups excluding carboxylic acids is 1. The maximum atomic E-state index is 12.1. The second-order valence-corrected chi connectivity index (χ2v) is 6.40. The van der Waals surface area contributed by atoms with Crippen LogP contribution >= 0.6 is 0 Å². The fourth-order valence-electron chi connectivity index (χ4n) is 3.27. The summed E-state index contributed by atoms with van der Waals surface area (Å²) in [6, 6.07) is 0.461. The molecule has 1 aliphatic carbocycles. The zero-order chi connectivity index (χ0) is 13.5. The summed E-state index contributed by atoms with van der Waals surface area (Å²) in [4.78, 5) is 12.1. The van der Waals surface area contributed by atoms with Crippen molar-refractivity contribution < 1.29 is 4.79 Å². The quantitative estimate of drug-likeness (QED) is 0.709. The highest BCUT2D eigenvalue weighted by atomic mass is 16.1. The Morgan fingerprint density at radius 2 is 2.21 bits per heavy atom. The minimum absolute atomic E-state index is 0.292. The van der Waals surface area contributed by atoms with E-state index in [1.54, 1.807) is 0 Å². The van der Waals surface area contributed by atoms with Gasteiger partial charge < -0.3 is 10.6 Å². The second kappa shape index (κ2) is 7.88. The molecular formula is C16H30N2O. The van der Waals surface area contributed by atoms with E-state index in [9.17, 15) is 4.79 Å². The third kappa shape index (κ3) is 4.79. The Hall–Kier alpha value is -0.570. The summed E-state index contributed by atoms with van der Waals surface area (Å²) < 4.78 is 0. The van der Waals surface area contributed by atoms with Crippen LogP contribution in [0, 0.1) is 11.8 Å². The van der Waals surface area contributed by atoms with E-state index in [0.29, 0.717) is 11.9 Å². The number of unbranched alkanes of at least 4 members (excludes halogenated alkanes) is 1. The molecule has 1 heterocycles. The summed E-state index contributed by atoms with van der Waals surface area (Å²) in [6.45, 7) is 4.47. The Morgan fingerprint density at radius 3 is 2.79 bits per heavy atom. The first-order valence-corrected chi connectivity index (χ1v) is 8.29. The lowest BCUT2D eigenvalue weighted by Crippen LogP contribution is -2.42. The van der Waals surface area contributed by atoms with Crippen molar-refractivity contribution in [3.05, 3.63) is 0 Å². The van der Waals surface area contributed by atoms with Crippen molar-refractivity contribution in [3.8, 4) is 0 Å². The molecule has 1 saturated carbocycles. The van der Waals surface area contributed by atoms with Crippen LogP contribution in [-0.4, -0.2) is 25.0 Å². The molecular weight excluding hydrogens is 236 g/mol. The Balaban J connectivity index is 1.67. The molecule has 1 aliphatic heterocycles. The van der Waals surface area contributed by atoms with Crippen LogP contribution in [0.25, 0.3) is 0 Å². The van der Waals surface area contributed by atoms with Gasteiger partial charge in [0.2, 0.25) is 5.91 Å². The zero-order valence-electron chi connectivity index (χ0n) is 12.4. The first kappa shape index (κ1) is 14.8. The maximum absolute atomic E-state index is 12.1. The normalized spacial score (nSPS) is 25.0. The molecule has 0 bridgehead atoms. The smallest absolute Gasteiger partial charge is 0.220 e. The zero-order valence-corrected chi connectivity index (χ0v) is 12.4. The second-order valence-electron chi connectivity index (χ2n) is 6.40. The average Bonchev–Trinajstić information content (AvgIpc) is 2.84. The van der Waals surface area contributed by atoms with E-state index in [2.05, 4.69) is 17.6 Å². The van der Waals surface area contributed by atoms with Gasteiger partial charge in [0.15, 0.2) is 0 Å². The van der Waals surface area contributed by atoms with Crippen molar-refractivity contribution in [3.63, 3.8) is 0 Å². The van der Waals surface area contributed by atoms with E-state index >= 15 is 0 Å². The number of carbonyl (C=O) groups is 1. The van der Waals surface area contributed by atoms with Gasteiger partial charge in [-0.15, -0.1) is 0 Å². The summed E-state index contributed by atoms with van der Waals surface area (Å²) in [5.41, 5.74) is 0. The topological polar surface area (TPSA) is 41.1 Å². The summed E-state index contributed by atoms with van der Waals surface area (Å²) >= 11 is 0. The maximum Gasteiger partial charge on any atom is 0.220 e. The van der Waals surface area contributed by atoms with Gasteiger partial charge in [-0.05, 0) is 57.0 Å². The molecule has 0 aromatic carbocycles. The molecule has 2 fully saturated rings. The van der Waals surface area contributed by atoms with E-state index in [4.69, 9.17) is 0 Å². The van der Waals surface area contributed by atoms with E-state index in [-0.39, 0.29) is 0 Å². The molecule has 0 aromatic rings. The Labute approximate surface area is 117 Å². The van der Waals surface area contributed by atoms with E-state index in [1.165, 1.54) is 44.9 Å². The number of hydrogen-bond acceptors (Lipinski definition) is 2. The van der Waals surface area contributed by atoms with Crippen LogP contribution in [-0.2, 0) is 4.79 Å². The summed E-state index contributed by atoms with van der Waals surface area (Å²) in [5, 5.41) is 6.69. The van der Waals surface area contributed by atoms with Gasteiger partial charge in [-0.3, -0.25) is 4.79 Å². The molecule has 2 aliphatic rings. The number of rotatable bonds is 8. The van der Waals surface area contributed by atoms with E-state index < -0.39 is 0 Å². The van der Waals surface area contributed by atoms with Crippen LogP contribution in [0.3, 0.4) is 0 Å². The van der Waals surface area contributed by atoms with E-state index in [1.807, 2.05) is 0 Å². The minimum atomic E-state index is 0.292. The minimum Gasteiger partial charge on any atom is -0.353 e. The Morgan fingerprint density at radius 1 is 1.37 bits per heavy atom. The van der Waals surface area contributed by atoms with Gasteiger partial charge in [0.25, 0.3) is 0 Å². The fourth-order valence-corrected chi connectivity index (χ4v) is 3.27. The molecule has 3 heteroatoms. The number of amides is 1. The van der Waals surface area contributed by atoms with Crippen molar-refractivity contribution >= 4 is 5.91 Å². The third-order valence-corrected chi connectivity index (χ3v) is 4.88. The predicted octanol–water partition coefficient (Wildman–Crippen LogP) is 2.85. The third-order valence-electron chi connectivity index (χ3n) is 4.88. The van der Waals surface area contributed by atoms with Crippen LogP contribution in [0.4, 0.5) is 0 Å². The van der Waals surface area contributed by atoms with Crippen molar-refractivity contribution in [1.29, 1.82) is 0 Å². The molecule has 0 spiro atoms. The van der Waals surface area contributed by atoms with Crippen LogP contribution < -0.4 is 10.6 Å². The molecule has 19 heavy (non-hydrogen) atoms. The van der Waals surface area contributed by atoms with Gasteiger partial charge in [0.05, 0.1) is 0 Å². The molecule has 0 aromatic heterocycles. The predicted molar refractivity (Wildman–Crippen MR) is 79.0 cm³/mol. The number of nitrogens with one attached hydrogen (secondary N) is 2. The van der Waals surface area contributed by atoms with Crippen LogP contribution in [0.5, 0.6) is 0 Å².